The molecule has 0 fully saturated rings. The van der Waals surface area contributed by atoms with E-state index in [0.717, 1.165) is 25.0 Å². The molecule has 2 N–H and O–H groups in total. The third-order valence-corrected chi connectivity index (χ3v) is 2.75. The second-order valence-corrected chi connectivity index (χ2v) is 4.26. The van der Waals surface area contributed by atoms with Crippen molar-refractivity contribution >= 4 is 0 Å². The standard InChI is InChI=1S/C14H24N2O2/c1-3-8-17-9-10-18-14(13(15)4-2)12-6-5-7-16-11-12/h5-7,11,13-14H,3-4,8-10,15H2,1-2H3. The molecule has 0 spiro atoms. The molecule has 1 aromatic rings. The van der Waals surface area contributed by atoms with Crippen LogP contribution in [0.4, 0.5) is 0 Å². The van der Waals surface area contributed by atoms with Crippen molar-refractivity contribution in [3.8, 4) is 0 Å². The summed E-state index contributed by atoms with van der Waals surface area (Å²) in [5.74, 6) is 0. The van der Waals surface area contributed by atoms with Crippen molar-refractivity contribution in [1.82, 2.24) is 4.98 Å². The molecule has 1 rings (SSSR count). The monoisotopic (exact) mass is 252 g/mol. The van der Waals surface area contributed by atoms with E-state index in [4.69, 9.17) is 15.2 Å². The van der Waals surface area contributed by atoms with E-state index in [1.54, 1.807) is 6.20 Å². The van der Waals surface area contributed by atoms with Gasteiger partial charge < -0.3 is 15.2 Å². The lowest BCUT2D eigenvalue weighted by Gasteiger charge is -2.23. The van der Waals surface area contributed by atoms with Crippen LogP contribution in [0.15, 0.2) is 24.5 Å². The fraction of sp³-hybridized carbons (Fsp3) is 0.643. The first kappa shape index (κ1) is 15.1. The van der Waals surface area contributed by atoms with Crippen molar-refractivity contribution in [2.75, 3.05) is 19.8 Å². The van der Waals surface area contributed by atoms with Gasteiger partial charge in [-0.05, 0) is 18.9 Å². The second-order valence-electron chi connectivity index (χ2n) is 4.26. The maximum absolute atomic E-state index is 6.10. The molecule has 0 aromatic carbocycles. The molecule has 4 heteroatoms. The number of pyridine rings is 1. The van der Waals surface area contributed by atoms with Gasteiger partial charge in [-0.3, -0.25) is 4.98 Å². The highest BCUT2D eigenvalue weighted by Crippen LogP contribution is 2.20. The van der Waals surface area contributed by atoms with Gasteiger partial charge in [0, 0.05) is 30.6 Å². The van der Waals surface area contributed by atoms with Crippen molar-refractivity contribution in [2.45, 2.75) is 38.8 Å². The molecule has 0 bridgehead atoms. The zero-order chi connectivity index (χ0) is 13.2. The van der Waals surface area contributed by atoms with E-state index in [0.29, 0.717) is 13.2 Å². The van der Waals surface area contributed by atoms with Crippen molar-refractivity contribution in [3.05, 3.63) is 30.1 Å². The Morgan fingerprint density at radius 3 is 2.72 bits per heavy atom. The van der Waals surface area contributed by atoms with Crippen LogP contribution in [0.25, 0.3) is 0 Å². The van der Waals surface area contributed by atoms with Gasteiger partial charge in [-0.15, -0.1) is 0 Å². The van der Waals surface area contributed by atoms with Crippen molar-refractivity contribution in [2.24, 2.45) is 5.73 Å². The highest BCUT2D eigenvalue weighted by Gasteiger charge is 2.19. The van der Waals surface area contributed by atoms with Crippen LogP contribution < -0.4 is 5.73 Å². The van der Waals surface area contributed by atoms with Crippen LogP contribution in [-0.4, -0.2) is 30.8 Å². The molecule has 2 atom stereocenters. The van der Waals surface area contributed by atoms with Gasteiger partial charge in [0.2, 0.25) is 0 Å². The average molecular weight is 252 g/mol. The lowest BCUT2D eigenvalue weighted by Crippen LogP contribution is -2.30. The van der Waals surface area contributed by atoms with E-state index in [-0.39, 0.29) is 12.1 Å². The smallest absolute Gasteiger partial charge is 0.0991 e. The number of nitrogens with two attached hydrogens (primary N) is 1. The van der Waals surface area contributed by atoms with Gasteiger partial charge in [0.05, 0.1) is 19.3 Å². The summed E-state index contributed by atoms with van der Waals surface area (Å²) in [5.41, 5.74) is 7.13. The van der Waals surface area contributed by atoms with Gasteiger partial charge >= 0.3 is 0 Å². The molecule has 0 saturated heterocycles. The summed E-state index contributed by atoms with van der Waals surface area (Å²) >= 11 is 0. The summed E-state index contributed by atoms with van der Waals surface area (Å²) < 4.78 is 11.2. The zero-order valence-corrected chi connectivity index (χ0v) is 11.3. The number of ether oxygens (including phenoxy) is 2. The van der Waals surface area contributed by atoms with Crippen molar-refractivity contribution in [1.29, 1.82) is 0 Å². The Hall–Kier alpha value is -0.970. The third kappa shape index (κ3) is 5.12. The fourth-order valence-electron chi connectivity index (χ4n) is 1.71. The molecule has 0 radical (unpaired) electrons. The van der Waals surface area contributed by atoms with Gasteiger partial charge in [0.25, 0.3) is 0 Å². The van der Waals surface area contributed by atoms with Crippen LogP contribution >= 0.6 is 0 Å². The molecule has 18 heavy (non-hydrogen) atoms. The SMILES string of the molecule is CCCOCCOC(c1cccnc1)C(N)CC. The second kappa shape index (κ2) is 9.03. The molecule has 0 amide bonds. The Morgan fingerprint density at radius 2 is 2.11 bits per heavy atom. The molecule has 0 aliphatic carbocycles. The average Bonchev–Trinajstić information content (AvgIpc) is 2.43. The molecule has 0 saturated carbocycles. The minimum atomic E-state index is -0.103. The third-order valence-electron chi connectivity index (χ3n) is 2.75. The maximum atomic E-state index is 6.10. The van der Waals surface area contributed by atoms with Crippen LogP contribution in [0, 0.1) is 0 Å². The largest absolute Gasteiger partial charge is 0.379 e. The van der Waals surface area contributed by atoms with E-state index in [1.165, 1.54) is 0 Å². The Bertz CT molecular complexity index is 306. The first-order valence-corrected chi connectivity index (χ1v) is 6.64. The molecule has 0 aliphatic rings. The maximum Gasteiger partial charge on any atom is 0.0991 e. The van der Waals surface area contributed by atoms with Gasteiger partial charge in [-0.1, -0.05) is 19.9 Å². The molecule has 1 heterocycles. The van der Waals surface area contributed by atoms with Crippen LogP contribution in [0.5, 0.6) is 0 Å². The van der Waals surface area contributed by atoms with Crippen molar-refractivity contribution < 1.29 is 9.47 Å². The van der Waals surface area contributed by atoms with E-state index >= 15 is 0 Å². The van der Waals surface area contributed by atoms with E-state index in [1.807, 2.05) is 18.3 Å². The lowest BCUT2D eigenvalue weighted by atomic mass is 10.0. The highest BCUT2D eigenvalue weighted by molar-refractivity contribution is 5.14. The highest BCUT2D eigenvalue weighted by atomic mass is 16.5. The quantitative estimate of drug-likeness (QED) is 0.685. The molecule has 0 aliphatic heterocycles. The zero-order valence-electron chi connectivity index (χ0n) is 11.3. The van der Waals surface area contributed by atoms with E-state index in [2.05, 4.69) is 18.8 Å². The fourth-order valence-corrected chi connectivity index (χ4v) is 1.71. The van der Waals surface area contributed by atoms with Gasteiger partial charge in [-0.2, -0.15) is 0 Å². The summed E-state index contributed by atoms with van der Waals surface area (Å²) in [6.45, 7) is 6.10. The molecular weight excluding hydrogens is 228 g/mol. The number of nitrogens with zero attached hydrogens (tertiary/aromatic N) is 1. The van der Waals surface area contributed by atoms with Gasteiger partial charge in [0.15, 0.2) is 0 Å². The normalized spacial score (nSPS) is 14.4. The summed E-state index contributed by atoms with van der Waals surface area (Å²) in [5, 5.41) is 0. The Labute approximate surface area is 110 Å². The predicted octanol–water partition coefficient (Wildman–Crippen LogP) is 2.30. The minimum absolute atomic E-state index is 0.0135. The first-order chi connectivity index (χ1) is 8.79. The molecule has 102 valence electrons. The number of aromatic nitrogens is 1. The lowest BCUT2D eigenvalue weighted by molar-refractivity contribution is -0.00780. The Balaban J connectivity index is 2.47. The molecule has 1 aromatic heterocycles. The summed E-state index contributed by atoms with van der Waals surface area (Å²) in [4.78, 5) is 4.11. The number of hydrogen-bond donors (Lipinski definition) is 1. The number of rotatable bonds is 9. The van der Waals surface area contributed by atoms with Gasteiger partial charge in [0.1, 0.15) is 0 Å². The predicted molar refractivity (Wildman–Crippen MR) is 72.3 cm³/mol. The van der Waals surface area contributed by atoms with E-state index in [9.17, 15) is 0 Å². The Kier molecular flexibility index (Phi) is 7.57. The van der Waals surface area contributed by atoms with Crippen LogP contribution in [0.3, 0.4) is 0 Å². The number of hydrogen-bond acceptors (Lipinski definition) is 4. The first-order valence-electron chi connectivity index (χ1n) is 6.64. The summed E-state index contributed by atoms with van der Waals surface area (Å²) in [6.07, 6.45) is 5.36. The summed E-state index contributed by atoms with van der Waals surface area (Å²) in [7, 11) is 0. The Morgan fingerprint density at radius 1 is 1.28 bits per heavy atom. The van der Waals surface area contributed by atoms with Crippen LogP contribution in [-0.2, 0) is 9.47 Å². The van der Waals surface area contributed by atoms with Crippen molar-refractivity contribution in [3.63, 3.8) is 0 Å². The van der Waals surface area contributed by atoms with Crippen LogP contribution in [0.1, 0.15) is 38.4 Å². The molecule has 2 unspecified atom stereocenters. The van der Waals surface area contributed by atoms with Crippen LogP contribution in [0.2, 0.25) is 0 Å². The summed E-state index contributed by atoms with van der Waals surface area (Å²) in [6, 6.07) is 3.89. The topological polar surface area (TPSA) is 57.4 Å². The van der Waals surface area contributed by atoms with Gasteiger partial charge in [-0.25, -0.2) is 0 Å². The minimum Gasteiger partial charge on any atom is -0.379 e. The molecule has 4 nitrogen and oxygen atoms in total. The van der Waals surface area contributed by atoms with E-state index < -0.39 is 0 Å². The molecular formula is C14H24N2O2.